The molecule has 306 valence electrons. The second-order valence-electron chi connectivity index (χ2n) is 18.8. The fourth-order valence-electron chi connectivity index (χ4n) is 12.5. The molecule has 4 atom stereocenters. The van der Waals surface area contributed by atoms with Gasteiger partial charge in [-0.25, -0.2) is 9.97 Å². The quantitative estimate of drug-likeness (QED) is 0.116. The molecule has 14 heteroatoms. The molecule has 4 aromatic heterocycles. The Hall–Kier alpha value is -4.05. The number of nitrogens with zero attached hydrogens (tertiary/aromatic N) is 8. The molecule has 13 nitrogen and oxygen atoms in total. The van der Waals surface area contributed by atoms with Crippen LogP contribution in [0.4, 0.5) is 22.6 Å². The molecule has 11 rings (SSSR count). The number of rotatable bonds is 11. The third kappa shape index (κ3) is 6.89. The maximum atomic E-state index is 10.8. The standard InChI is InChI=1S/C44H55N9O4S/c1-28-30-8-7-13-52(38(30)50-49-37(28)48-40-46-33-9-5-6-10-34(33)58-40)35-12-11-31(36(47-35)39(54)55)32-20-45-53(29(32)2)27-43-22-41(3)21-42(4,23-43)25-44(24-41,26-43)57-19-16-51-14-17-56-18-15-51/h5-6,9-12,20,39,54-55H,7-8,13-19,21-27H2,1-4H3,(H,46,48,49)/t41-,42+,43?,44?. The van der Waals surface area contributed by atoms with E-state index in [4.69, 9.17) is 29.6 Å². The van der Waals surface area contributed by atoms with Crippen LogP contribution in [-0.4, -0.2) is 96.7 Å². The van der Waals surface area contributed by atoms with E-state index in [0.29, 0.717) is 23.7 Å². The Bertz CT molecular complexity index is 2300. The fourth-order valence-corrected chi connectivity index (χ4v) is 13.4. The van der Waals surface area contributed by atoms with E-state index in [1.807, 2.05) is 41.4 Å². The number of morpholine rings is 1. The molecular weight excluding hydrogens is 751 g/mol. The van der Waals surface area contributed by atoms with Gasteiger partial charge in [-0.3, -0.25) is 9.58 Å². The van der Waals surface area contributed by atoms with Gasteiger partial charge in [-0.1, -0.05) is 37.3 Å². The number of aromatic nitrogens is 6. The van der Waals surface area contributed by atoms with E-state index < -0.39 is 6.29 Å². The summed E-state index contributed by atoms with van der Waals surface area (Å²) in [7, 11) is 0. The van der Waals surface area contributed by atoms with Crippen LogP contribution >= 0.6 is 11.3 Å². The molecule has 2 unspecified atom stereocenters. The summed E-state index contributed by atoms with van der Waals surface area (Å²) >= 11 is 1.59. The summed E-state index contributed by atoms with van der Waals surface area (Å²) in [5.41, 5.74) is 6.25. The summed E-state index contributed by atoms with van der Waals surface area (Å²) < 4.78 is 15.9. The lowest BCUT2D eigenvalue weighted by Crippen LogP contribution is -2.64. The number of aliphatic hydroxyl groups is 2. The molecule has 6 aliphatic rings. The van der Waals surface area contributed by atoms with E-state index >= 15 is 0 Å². The summed E-state index contributed by atoms with van der Waals surface area (Å²) in [5, 5.41) is 40.0. The van der Waals surface area contributed by atoms with Crippen LogP contribution in [0, 0.1) is 30.1 Å². The van der Waals surface area contributed by atoms with Crippen molar-refractivity contribution >= 4 is 44.1 Å². The molecule has 4 aliphatic carbocycles. The topological polar surface area (TPSA) is 147 Å². The lowest BCUT2D eigenvalue weighted by molar-refractivity contribution is -0.249. The monoisotopic (exact) mass is 805 g/mol. The van der Waals surface area contributed by atoms with Crippen LogP contribution in [0.3, 0.4) is 0 Å². The van der Waals surface area contributed by atoms with E-state index in [0.717, 1.165) is 122 Å². The highest BCUT2D eigenvalue weighted by Crippen LogP contribution is 2.72. The van der Waals surface area contributed by atoms with E-state index in [-0.39, 0.29) is 27.5 Å². The molecule has 0 spiro atoms. The van der Waals surface area contributed by atoms with Crippen molar-refractivity contribution in [1.29, 1.82) is 0 Å². The number of ether oxygens (including phenoxy) is 2. The second kappa shape index (κ2) is 14.3. The first-order chi connectivity index (χ1) is 27.9. The second-order valence-corrected chi connectivity index (χ2v) is 19.8. The van der Waals surface area contributed by atoms with Crippen LogP contribution in [0.25, 0.3) is 21.3 Å². The number of nitrogens with one attached hydrogen (secondary N) is 1. The first-order valence-corrected chi connectivity index (χ1v) is 21.8. The van der Waals surface area contributed by atoms with Crippen LogP contribution in [0.5, 0.6) is 0 Å². The zero-order valence-corrected chi connectivity index (χ0v) is 34.9. The van der Waals surface area contributed by atoms with Crippen molar-refractivity contribution in [3.63, 3.8) is 0 Å². The summed E-state index contributed by atoms with van der Waals surface area (Å²) in [6.07, 6.45) is 8.78. The average molecular weight is 806 g/mol. The van der Waals surface area contributed by atoms with Crippen molar-refractivity contribution in [2.75, 3.05) is 56.2 Å². The Morgan fingerprint density at radius 1 is 0.914 bits per heavy atom. The van der Waals surface area contributed by atoms with E-state index in [1.165, 1.54) is 19.3 Å². The molecule has 58 heavy (non-hydrogen) atoms. The van der Waals surface area contributed by atoms with Crippen molar-refractivity contribution in [3.8, 4) is 11.1 Å². The number of pyridine rings is 1. The average Bonchev–Trinajstić information content (AvgIpc) is 3.76. The van der Waals surface area contributed by atoms with Crippen molar-refractivity contribution in [2.24, 2.45) is 16.2 Å². The molecule has 4 bridgehead atoms. The number of benzene rings is 1. The van der Waals surface area contributed by atoms with Gasteiger partial charge in [0, 0.05) is 60.7 Å². The number of thiazole rings is 1. The SMILES string of the molecule is Cc1c(Nc2nc3ccccc3s2)nnc2c1CCCN2c1ccc(-c2cnn(CC34CC5(OCCN6CCOCC6)C[C@](C)(C3)C[C@](C)(C4)C5)c2C)c(C(O)O)n1. The molecule has 5 aromatic rings. The van der Waals surface area contributed by atoms with Crippen LogP contribution in [0.2, 0.25) is 0 Å². The highest BCUT2D eigenvalue weighted by Gasteiger charge is 2.66. The molecule has 3 N–H and O–H groups in total. The van der Waals surface area contributed by atoms with Gasteiger partial charge in [-0.2, -0.15) is 5.10 Å². The number of hydrogen-bond donors (Lipinski definition) is 3. The van der Waals surface area contributed by atoms with Crippen molar-refractivity contribution in [2.45, 2.75) is 97.5 Å². The number of aliphatic hydroxyl groups excluding tert-OH is 1. The summed E-state index contributed by atoms with van der Waals surface area (Å²) in [6.45, 7) is 16.0. The summed E-state index contributed by atoms with van der Waals surface area (Å²) in [4.78, 5) is 14.1. The largest absolute Gasteiger partial charge is 0.379 e. The van der Waals surface area contributed by atoms with Crippen LogP contribution in [0.1, 0.15) is 87.6 Å². The Kier molecular flexibility index (Phi) is 9.41. The van der Waals surface area contributed by atoms with E-state index in [1.54, 1.807) is 11.3 Å². The van der Waals surface area contributed by atoms with Crippen LogP contribution < -0.4 is 10.2 Å². The number of para-hydroxylation sites is 1. The lowest BCUT2D eigenvalue weighted by Gasteiger charge is -2.69. The Labute approximate surface area is 343 Å². The Balaban J connectivity index is 0.897. The smallest absolute Gasteiger partial charge is 0.196 e. The zero-order valence-electron chi connectivity index (χ0n) is 34.1. The normalized spacial score (nSPS) is 28.2. The molecule has 0 amide bonds. The molecule has 6 heterocycles. The van der Waals surface area contributed by atoms with Crippen molar-refractivity contribution < 1.29 is 19.7 Å². The maximum absolute atomic E-state index is 10.8. The van der Waals surface area contributed by atoms with E-state index in [2.05, 4.69) is 53.8 Å². The van der Waals surface area contributed by atoms with Gasteiger partial charge < -0.3 is 29.9 Å². The molecule has 2 aliphatic heterocycles. The highest BCUT2D eigenvalue weighted by molar-refractivity contribution is 7.22. The first-order valence-electron chi connectivity index (χ1n) is 21.0. The molecule has 4 saturated carbocycles. The van der Waals surface area contributed by atoms with Gasteiger partial charge in [0.1, 0.15) is 11.5 Å². The van der Waals surface area contributed by atoms with Gasteiger partial charge in [-0.05, 0) is 106 Å². The molecule has 5 fully saturated rings. The van der Waals surface area contributed by atoms with Crippen LogP contribution in [0.15, 0.2) is 42.6 Å². The third-order valence-corrected chi connectivity index (χ3v) is 14.7. The first kappa shape index (κ1) is 38.2. The molecule has 1 aromatic carbocycles. The summed E-state index contributed by atoms with van der Waals surface area (Å²) in [5.74, 6) is 2.03. The van der Waals surface area contributed by atoms with Gasteiger partial charge in [0.05, 0.1) is 41.8 Å². The molecule has 0 radical (unpaired) electrons. The molecule has 1 saturated heterocycles. The lowest BCUT2D eigenvalue weighted by atomic mass is 9.39. The van der Waals surface area contributed by atoms with Gasteiger partial charge in [-0.15, -0.1) is 10.2 Å². The number of hydrogen-bond acceptors (Lipinski definition) is 13. The number of anilines is 4. The molecular formula is C44H55N9O4S. The van der Waals surface area contributed by atoms with Gasteiger partial charge in [0.2, 0.25) is 0 Å². The minimum absolute atomic E-state index is 0.0806. The third-order valence-electron chi connectivity index (χ3n) is 13.8. The summed E-state index contributed by atoms with van der Waals surface area (Å²) in [6, 6.07) is 12.0. The van der Waals surface area contributed by atoms with Gasteiger partial charge in [0.25, 0.3) is 0 Å². The maximum Gasteiger partial charge on any atom is 0.196 e. The zero-order chi connectivity index (χ0) is 39.9. The minimum Gasteiger partial charge on any atom is -0.379 e. The fraction of sp³-hybridized carbons (Fsp3) is 0.568. The minimum atomic E-state index is -1.77. The van der Waals surface area contributed by atoms with Crippen molar-refractivity contribution in [1.82, 2.24) is 34.8 Å². The van der Waals surface area contributed by atoms with Crippen molar-refractivity contribution in [3.05, 3.63) is 65.1 Å². The predicted molar refractivity (Wildman–Crippen MR) is 225 cm³/mol. The Morgan fingerprint density at radius 3 is 2.48 bits per heavy atom. The number of fused-ring (bicyclic) bond motifs is 2. The van der Waals surface area contributed by atoms with E-state index in [9.17, 15) is 10.2 Å². The van der Waals surface area contributed by atoms with Gasteiger partial charge >= 0.3 is 0 Å². The van der Waals surface area contributed by atoms with Crippen LogP contribution in [-0.2, 0) is 22.4 Å². The predicted octanol–water partition coefficient (Wildman–Crippen LogP) is 7.24. The van der Waals surface area contributed by atoms with Gasteiger partial charge in [0.15, 0.2) is 23.1 Å². The highest BCUT2D eigenvalue weighted by atomic mass is 32.1. The Morgan fingerprint density at radius 2 is 1.71 bits per heavy atom.